The van der Waals surface area contributed by atoms with Crippen molar-refractivity contribution in [2.75, 3.05) is 7.11 Å². The van der Waals surface area contributed by atoms with Gasteiger partial charge in [-0.2, -0.15) is 0 Å². The van der Waals surface area contributed by atoms with Gasteiger partial charge in [0.1, 0.15) is 0 Å². The van der Waals surface area contributed by atoms with Crippen molar-refractivity contribution in [3.63, 3.8) is 0 Å². The number of ketones is 2. The number of methoxy groups -OCH3 is 1. The summed E-state index contributed by atoms with van der Waals surface area (Å²) in [5.74, 6) is 0.121. The van der Waals surface area contributed by atoms with Gasteiger partial charge in [0, 0.05) is 17.4 Å². The van der Waals surface area contributed by atoms with E-state index in [1.165, 1.54) is 13.2 Å². The molecule has 0 aliphatic heterocycles. The Labute approximate surface area is 118 Å². The molecule has 104 valence electrons. The van der Waals surface area contributed by atoms with E-state index in [2.05, 4.69) is 6.92 Å². The number of rotatable bonds is 2. The maximum Gasteiger partial charge on any atom is 0.202 e. The van der Waals surface area contributed by atoms with Gasteiger partial charge in [0.2, 0.25) is 5.78 Å². The summed E-state index contributed by atoms with van der Waals surface area (Å²) in [6.45, 7) is 3.97. The molecular weight excluding hydrogens is 252 g/mol. The summed E-state index contributed by atoms with van der Waals surface area (Å²) in [4.78, 5) is 24.9. The third-order valence-corrected chi connectivity index (χ3v) is 5.21. The number of allylic oxidation sites excluding steroid dienone is 2. The number of carbonyl (C=O) groups is 2. The highest BCUT2D eigenvalue weighted by atomic mass is 16.5. The molecule has 1 saturated carbocycles. The van der Waals surface area contributed by atoms with Gasteiger partial charge in [-0.25, -0.2) is 0 Å². The number of ether oxygens (including phenoxy) is 1. The van der Waals surface area contributed by atoms with E-state index in [-0.39, 0.29) is 35.1 Å². The number of hydrogen-bond acceptors (Lipinski definition) is 3. The van der Waals surface area contributed by atoms with Crippen molar-refractivity contribution >= 4 is 11.6 Å². The maximum absolute atomic E-state index is 12.6. The van der Waals surface area contributed by atoms with Gasteiger partial charge in [0.15, 0.2) is 11.5 Å². The van der Waals surface area contributed by atoms with Gasteiger partial charge < -0.3 is 4.74 Å². The molecule has 0 N–H and O–H groups in total. The molecule has 1 aromatic carbocycles. The van der Waals surface area contributed by atoms with Crippen LogP contribution >= 0.6 is 0 Å². The fraction of sp³-hybridized carbons (Fsp3) is 0.412. The first kappa shape index (κ1) is 13.1. The Morgan fingerprint density at radius 1 is 1.15 bits per heavy atom. The van der Waals surface area contributed by atoms with Crippen LogP contribution in [0.1, 0.15) is 25.3 Å². The van der Waals surface area contributed by atoms with Gasteiger partial charge in [-0.05, 0) is 17.4 Å². The van der Waals surface area contributed by atoms with E-state index in [0.29, 0.717) is 0 Å². The molecule has 20 heavy (non-hydrogen) atoms. The summed E-state index contributed by atoms with van der Waals surface area (Å²) in [5, 5.41) is 0. The lowest BCUT2D eigenvalue weighted by Crippen LogP contribution is -2.61. The third kappa shape index (κ3) is 1.46. The Hall–Kier alpha value is -1.90. The molecule has 3 nitrogen and oxygen atoms in total. The minimum absolute atomic E-state index is 0.0126. The molecule has 2 aliphatic carbocycles. The van der Waals surface area contributed by atoms with Crippen LogP contribution in [-0.2, 0) is 14.3 Å². The van der Waals surface area contributed by atoms with Crippen LogP contribution in [0.2, 0.25) is 0 Å². The quantitative estimate of drug-likeness (QED) is 0.830. The van der Waals surface area contributed by atoms with Gasteiger partial charge >= 0.3 is 0 Å². The second kappa shape index (κ2) is 4.30. The molecule has 0 radical (unpaired) electrons. The lowest BCUT2D eigenvalue weighted by atomic mass is 9.42. The van der Waals surface area contributed by atoms with E-state index >= 15 is 0 Å². The third-order valence-electron chi connectivity index (χ3n) is 5.21. The van der Waals surface area contributed by atoms with Crippen molar-refractivity contribution in [1.29, 1.82) is 0 Å². The molecule has 0 saturated heterocycles. The summed E-state index contributed by atoms with van der Waals surface area (Å²) in [6.07, 6.45) is 1.37. The highest BCUT2D eigenvalue weighted by Crippen LogP contribution is 2.63. The van der Waals surface area contributed by atoms with Crippen molar-refractivity contribution in [3.8, 4) is 0 Å². The number of carbonyl (C=O) groups excluding carboxylic acids is 2. The molecule has 2 aliphatic rings. The predicted octanol–water partition coefficient (Wildman–Crippen LogP) is 2.72. The number of Topliss-reactive ketones (excluding diaryl/α,β-unsaturated/α-hetero) is 1. The van der Waals surface area contributed by atoms with E-state index in [1.54, 1.807) is 0 Å². The zero-order valence-electron chi connectivity index (χ0n) is 11.9. The number of fused-ring (bicyclic) bond motifs is 1. The zero-order chi connectivity index (χ0) is 14.5. The van der Waals surface area contributed by atoms with E-state index in [9.17, 15) is 9.59 Å². The van der Waals surface area contributed by atoms with Gasteiger partial charge in [-0.1, -0.05) is 44.2 Å². The average Bonchev–Trinajstić information content (AvgIpc) is 2.47. The van der Waals surface area contributed by atoms with Crippen LogP contribution in [0.3, 0.4) is 0 Å². The van der Waals surface area contributed by atoms with Crippen molar-refractivity contribution in [1.82, 2.24) is 0 Å². The summed E-state index contributed by atoms with van der Waals surface area (Å²) in [5.41, 5.74) is 0.542. The number of hydrogen-bond donors (Lipinski definition) is 0. The molecule has 0 aromatic heterocycles. The molecule has 1 aromatic rings. The van der Waals surface area contributed by atoms with Crippen LogP contribution < -0.4 is 0 Å². The standard InChI is InChI=1S/C17H18O3/c1-10-14(11-7-5-4-6-8-11)15-16(19)12(20-3)9-13(18)17(10,15)2/h4-10,14-15H,1-3H3/t10-,14+,15-,17+/m1/s1. The topological polar surface area (TPSA) is 43.4 Å². The monoisotopic (exact) mass is 270 g/mol. The lowest BCUT2D eigenvalue weighted by molar-refractivity contribution is -0.159. The highest BCUT2D eigenvalue weighted by Gasteiger charge is 2.65. The Morgan fingerprint density at radius 2 is 1.80 bits per heavy atom. The molecule has 3 rings (SSSR count). The van der Waals surface area contributed by atoms with Crippen LogP contribution in [0.25, 0.3) is 0 Å². The first-order valence-electron chi connectivity index (χ1n) is 6.91. The second-order valence-electron chi connectivity index (χ2n) is 5.93. The summed E-state index contributed by atoms with van der Waals surface area (Å²) in [6, 6.07) is 9.97. The Bertz CT molecular complexity index is 602. The van der Waals surface area contributed by atoms with Crippen LogP contribution in [0.5, 0.6) is 0 Å². The van der Waals surface area contributed by atoms with Gasteiger partial charge in [-0.3, -0.25) is 9.59 Å². The van der Waals surface area contributed by atoms with Crippen molar-refractivity contribution in [2.45, 2.75) is 19.8 Å². The van der Waals surface area contributed by atoms with Crippen LogP contribution in [0, 0.1) is 17.3 Å². The highest BCUT2D eigenvalue weighted by molar-refractivity contribution is 6.13. The molecular formula is C17H18O3. The molecule has 0 unspecified atom stereocenters. The largest absolute Gasteiger partial charge is 0.493 e. The molecule has 0 bridgehead atoms. The van der Waals surface area contributed by atoms with Crippen molar-refractivity contribution < 1.29 is 14.3 Å². The predicted molar refractivity (Wildman–Crippen MR) is 75.1 cm³/mol. The molecule has 0 heterocycles. The molecule has 4 atom stereocenters. The normalized spacial score (nSPS) is 36.0. The first-order valence-corrected chi connectivity index (χ1v) is 6.91. The van der Waals surface area contributed by atoms with Gasteiger partial charge in [0.05, 0.1) is 7.11 Å². The van der Waals surface area contributed by atoms with E-state index in [1.807, 2.05) is 37.3 Å². The van der Waals surface area contributed by atoms with Crippen LogP contribution in [-0.4, -0.2) is 18.7 Å². The van der Waals surface area contributed by atoms with Crippen molar-refractivity contribution in [2.24, 2.45) is 17.3 Å². The maximum atomic E-state index is 12.6. The minimum Gasteiger partial charge on any atom is -0.493 e. The fourth-order valence-corrected chi connectivity index (χ4v) is 3.83. The smallest absolute Gasteiger partial charge is 0.202 e. The summed E-state index contributed by atoms with van der Waals surface area (Å²) >= 11 is 0. The Balaban J connectivity index is 2.06. The minimum atomic E-state index is -0.584. The summed E-state index contributed by atoms with van der Waals surface area (Å²) < 4.78 is 5.08. The molecule has 3 heteroatoms. The summed E-state index contributed by atoms with van der Waals surface area (Å²) in [7, 11) is 1.44. The molecule has 1 fully saturated rings. The lowest BCUT2D eigenvalue weighted by Gasteiger charge is -2.58. The average molecular weight is 270 g/mol. The number of benzene rings is 1. The van der Waals surface area contributed by atoms with Crippen LogP contribution in [0.4, 0.5) is 0 Å². The fourth-order valence-electron chi connectivity index (χ4n) is 3.83. The first-order chi connectivity index (χ1) is 9.51. The van der Waals surface area contributed by atoms with Gasteiger partial charge in [0.25, 0.3) is 0 Å². The Kier molecular flexibility index (Phi) is 2.82. The van der Waals surface area contributed by atoms with E-state index in [0.717, 1.165) is 5.56 Å². The molecule has 0 amide bonds. The van der Waals surface area contributed by atoms with E-state index < -0.39 is 5.41 Å². The zero-order valence-corrected chi connectivity index (χ0v) is 11.9. The van der Waals surface area contributed by atoms with E-state index in [4.69, 9.17) is 4.74 Å². The second-order valence-corrected chi connectivity index (χ2v) is 5.93. The van der Waals surface area contributed by atoms with Gasteiger partial charge in [-0.15, -0.1) is 0 Å². The van der Waals surface area contributed by atoms with Crippen LogP contribution in [0.15, 0.2) is 42.2 Å². The SMILES string of the molecule is COC1=CC(=O)[C@]2(C)[C@H](C)[C@@H](c3ccccc3)[C@@H]2C1=O. The van der Waals surface area contributed by atoms with Crippen molar-refractivity contribution in [3.05, 3.63) is 47.7 Å². The Morgan fingerprint density at radius 3 is 2.40 bits per heavy atom. The molecule has 0 spiro atoms.